The minimum Gasteiger partial charge on any atom is -0.294 e. The molecule has 0 fully saturated rings. The van der Waals surface area contributed by atoms with E-state index in [1.54, 1.807) is 0 Å². The summed E-state index contributed by atoms with van der Waals surface area (Å²) in [6.07, 6.45) is 2.50. The zero-order valence-electron chi connectivity index (χ0n) is 8.86. The van der Waals surface area contributed by atoms with Crippen molar-refractivity contribution in [3.8, 4) is 0 Å². The molecule has 0 rings (SSSR count). The van der Waals surface area contributed by atoms with Crippen LogP contribution in [-0.2, 0) is 29.2 Å². The van der Waals surface area contributed by atoms with E-state index in [2.05, 4.69) is 9.06 Å². The molecule has 12 heteroatoms. The highest BCUT2D eigenvalue weighted by Crippen LogP contribution is 1.92. The van der Waals surface area contributed by atoms with E-state index >= 15 is 0 Å². The van der Waals surface area contributed by atoms with Crippen molar-refractivity contribution in [2.45, 2.75) is 26.2 Å². The maximum Gasteiger partial charge on any atom is 0.413 e. The topological polar surface area (TPSA) is 173 Å². The van der Waals surface area contributed by atoms with Crippen molar-refractivity contribution in [1.29, 1.82) is 0 Å². The molecule has 0 aromatic rings. The van der Waals surface area contributed by atoms with Crippen molar-refractivity contribution in [2.75, 3.05) is 0 Å². The Bertz CT molecular complexity index is 383. The van der Waals surface area contributed by atoms with Crippen molar-refractivity contribution < 1.29 is 34.4 Å². The summed E-state index contributed by atoms with van der Waals surface area (Å²) >= 11 is 0. The molecule has 0 aliphatic heterocycles. The SMILES string of the molecule is CCCCC(=O)NN.O=S(=O)(O)OS(=O)(=O)O. The Labute approximate surface area is 99.0 Å². The third-order valence-electron chi connectivity index (χ3n) is 1.09. The number of unbranched alkanes of at least 4 members (excludes halogenated alkanes) is 1. The summed E-state index contributed by atoms with van der Waals surface area (Å²) in [5, 5.41) is 0. The fourth-order valence-corrected chi connectivity index (χ4v) is 1.39. The van der Waals surface area contributed by atoms with E-state index < -0.39 is 20.8 Å². The van der Waals surface area contributed by atoms with Crippen LogP contribution >= 0.6 is 0 Å². The number of nitrogens with one attached hydrogen (secondary N) is 1. The fraction of sp³-hybridized carbons (Fsp3) is 0.800. The first-order valence-electron chi connectivity index (χ1n) is 4.17. The maximum atomic E-state index is 10.3. The molecule has 0 atom stereocenters. The van der Waals surface area contributed by atoms with E-state index in [4.69, 9.17) is 14.9 Å². The molecule has 17 heavy (non-hydrogen) atoms. The lowest BCUT2D eigenvalue weighted by Crippen LogP contribution is -2.29. The summed E-state index contributed by atoms with van der Waals surface area (Å²) in [6.45, 7) is 2.03. The van der Waals surface area contributed by atoms with Gasteiger partial charge in [0.05, 0.1) is 0 Å². The summed E-state index contributed by atoms with van der Waals surface area (Å²) in [4.78, 5) is 10.3. The van der Waals surface area contributed by atoms with Gasteiger partial charge < -0.3 is 0 Å². The van der Waals surface area contributed by atoms with Gasteiger partial charge in [-0.1, -0.05) is 13.3 Å². The van der Waals surface area contributed by atoms with Crippen LogP contribution in [0, 0.1) is 0 Å². The second kappa shape index (κ2) is 8.32. The predicted octanol–water partition coefficient (Wildman–Crippen LogP) is -1.22. The van der Waals surface area contributed by atoms with Crippen LogP contribution in [-0.4, -0.2) is 31.8 Å². The van der Waals surface area contributed by atoms with Crippen LogP contribution in [0.1, 0.15) is 26.2 Å². The Morgan fingerprint density at radius 3 is 1.82 bits per heavy atom. The number of hydrazine groups is 1. The summed E-state index contributed by atoms with van der Waals surface area (Å²) in [5.74, 6) is 4.74. The van der Waals surface area contributed by atoms with E-state index in [0.29, 0.717) is 6.42 Å². The van der Waals surface area contributed by atoms with E-state index in [1.807, 2.05) is 6.92 Å². The fourth-order valence-electron chi connectivity index (χ4n) is 0.518. The quantitative estimate of drug-likeness (QED) is 0.209. The Kier molecular flexibility index (Phi) is 9.09. The molecule has 0 saturated carbocycles. The molecule has 0 spiro atoms. The average Bonchev–Trinajstić information content (AvgIpc) is 2.09. The molecule has 0 unspecified atom stereocenters. The smallest absolute Gasteiger partial charge is 0.294 e. The van der Waals surface area contributed by atoms with Crippen molar-refractivity contribution >= 4 is 26.7 Å². The highest BCUT2D eigenvalue weighted by Gasteiger charge is 2.15. The lowest BCUT2D eigenvalue weighted by molar-refractivity contribution is -0.121. The average molecular weight is 294 g/mol. The molecule has 5 N–H and O–H groups in total. The molecule has 0 aromatic heterocycles. The zero-order valence-corrected chi connectivity index (χ0v) is 10.5. The van der Waals surface area contributed by atoms with Gasteiger partial charge in [-0.15, -0.1) is 3.63 Å². The Hall–Kier alpha value is -0.790. The van der Waals surface area contributed by atoms with Gasteiger partial charge in [-0.3, -0.25) is 19.3 Å². The minimum absolute atomic E-state index is 0.0770. The number of hydrogen-bond donors (Lipinski definition) is 4. The first-order valence-corrected chi connectivity index (χ1v) is 6.90. The molecular weight excluding hydrogens is 280 g/mol. The van der Waals surface area contributed by atoms with Crippen molar-refractivity contribution in [2.24, 2.45) is 5.84 Å². The molecule has 0 bridgehead atoms. The van der Waals surface area contributed by atoms with Crippen LogP contribution in [0.2, 0.25) is 0 Å². The summed E-state index contributed by atoms with van der Waals surface area (Å²) in [7, 11) is -10.2. The lowest BCUT2D eigenvalue weighted by atomic mass is 10.2. The standard InChI is InChI=1S/C5H12N2O.H2O7S2/c1-2-3-4-5(8)7-6;1-8(2,3)7-9(4,5)6/h2-4,6H2,1H3,(H,7,8);(H,1,2,3)(H,4,5,6). The number of hydrogen-bond acceptors (Lipinski definition) is 7. The van der Waals surface area contributed by atoms with Crippen molar-refractivity contribution in [3.05, 3.63) is 0 Å². The highest BCUT2D eigenvalue weighted by molar-refractivity contribution is 7.94. The van der Waals surface area contributed by atoms with Crippen LogP contribution in [0.4, 0.5) is 0 Å². The van der Waals surface area contributed by atoms with Crippen molar-refractivity contribution in [1.82, 2.24) is 5.43 Å². The first kappa shape index (κ1) is 18.6. The molecule has 0 saturated heterocycles. The van der Waals surface area contributed by atoms with Gasteiger partial charge in [0, 0.05) is 6.42 Å². The number of carbonyl (C=O) groups is 1. The summed E-state index contributed by atoms with van der Waals surface area (Å²) in [5.41, 5.74) is 2.06. The molecule has 10 nitrogen and oxygen atoms in total. The van der Waals surface area contributed by atoms with Gasteiger partial charge in [-0.2, -0.15) is 16.8 Å². The Balaban J connectivity index is 0. The first-order chi connectivity index (χ1) is 7.52. The van der Waals surface area contributed by atoms with Crippen LogP contribution < -0.4 is 11.3 Å². The zero-order chi connectivity index (χ0) is 14.1. The van der Waals surface area contributed by atoms with E-state index in [-0.39, 0.29) is 5.91 Å². The monoisotopic (exact) mass is 294 g/mol. The lowest BCUT2D eigenvalue weighted by Gasteiger charge is -1.93. The van der Waals surface area contributed by atoms with Gasteiger partial charge in [0.15, 0.2) is 0 Å². The maximum absolute atomic E-state index is 10.3. The van der Waals surface area contributed by atoms with Gasteiger partial charge >= 0.3 is 20.8 Å². The van der Waals surface area contributed by atoms with Gasteiger partial charge in [0.2, 0.25) is 5.91 Å². The number of rotatable bonds is 5. The number of carbonyl (C=O) groups excluding carboxylic acids is 1. The summed E-state index contributed by atoms with van der Waals surface area (Å²) < 4.78 is 55.6. The third-order valence-corrected chi connectivity index (χ3v) is 2.47. The van der Waals surface area contributed by atoms with Crippen LogP contribution in [0.25, 0.3) is 0 Å². The van der Waals surface area contributed by atoms with Crippen LogP contribution in [0.5, 0.6) is 0 Å². The molecule has 0 heterocycles. The minimum atomic E-state index is -5.12. The molecule has 0 aliphatic rings. The normalized spacial score (nSPS) is 11.3. The Morgan fingerprint density at radius 1 is 1.24 bits per heavy atom. The van der Waals surface area contributed by atoms with E-state index in [0.717, 1.165) is 12.8 Å². The largest absolute Gasteiger partial charge is 0.413 e. The van der Waals surface area contributed by atoms with Gasteiger partial charge in [0.25, 0.3) is 0 Å². The van der Waals surface area contributed by atoms with Crippen molar-refractivity contribution in [3.63, 3.8) is 0 Å². The summed E-state index contributed by atoms with van der Waals surface area (Å²) in [6, 6.07) is 0. The van der Waals surface area contributed by atoms with Gasteiger partial charge in [-0.05, 0) is 6.42 Å². The number of nitrogens with two attached hydrogens (primary N) is 1. The molecular formula is C5H14N2O8S2. The van der Waals surface area contributed by atoms with Crippen LogP contribution in [0.3, 0.4) is 0 Å². The molecule has 0 aliphatic carbocycles. The van der Waals surface area contributed by atoms with E-state index in [1.165, 1.54) is 0 Å². The predicted molar refractivity (Wildman–Crippen MR) is 56.0 cm³/mol. The van der Waals surface area contributed by atoms with Gasteiger partial charge in [0.1, 0.15) is 0 Å². The van der Waals surface area contributed by atoms with E-state index in [9.17, 15) is 21.6 Å². The third kappa shape index (κ3) is 21.1. The molecule has 0 aromatic carbocycles. The second-order valence-electron chi connectivity index (χ2n) is 2.59. The molecule has 0 radical (unpaired) electrons. The highest BCUT2D eigenvalue weighted by atomic mass is 32.3. The van der Waals surface area contributed by atoms with Crippen LogP contribution in [0.15, 0.2) is 0 Å². The second-order valence-corrected chi connectivity index (χ2v) is 4.85. The molecule has 104 valence electrons. The molecule has 1 amide bonds. The number of amides is 1. The van der Waals surface area contributed by atoms with Gasteiger partial charge in [-0.25, -0.2) is 5.84 Å². The Morgan fingerprint density at radius 2 is 1.65 bits per heavy atom.